The number of allylic oxidation sites excluding steroid dienone is 6. The number of hydrogen-bond acceptors (Lipinski definition) is 1. The van der Waals surface area contributed by atoms with E-state index >= 15 is 0 Å². The van der Waals surface area contributed by atoms with Gasteiger partial charge in [-0.1, -0.05) is 73.5 Å². The Labute approximate surface area is 210 Å². The smallest absolute Gasteiger partial charge is 0.209 e. The first-order chi connectivity index (χ1) is 16.1. The van der Waals surface area contributed by atoms with Gasteiger partial charge in [-0.2, -0.15) is 0 Å². The lowest BCUT2D eigenvalue weighted by Crippen LogP contribution is -2.28. The number of rotatable bonds is 4. The molecule has 0 unspecified atom stereocenters. The van der Waals surface area contributed by atoms with Crippen molar-refractivity contribution >= 4 is 28.7 Å². The summed E-state index contributed by atoms with van der Waals surface area (Å²) in [4.78, 5) is 2.33. The first-order valence-corrected chi connectivity index (χ1v) is 12.8. The summed E-state index contributed by atoms with van der Waals surface area (Å²) in [5.41, 5.74) is 11.0. The number of halogens is 1. The van der Waals surface area contributed by atoms with Gasteiger partial charge in [-0.05, 0) is 56.4 Å². The Morgan fingerprint density at radius 2 is 1.56 bits per heavy atom. The maximum absolute atomic E-state index is 6.95. The summed E-state index contributed by atoms with van der Waals surface area (Å²) >= 11 is 6.95. The van der Waals surface area contributed by atoms with Crippen LogP contribution >= 0.6 is 11.6 Å². The predicted octanol–water partition coefficient (Wildman–Crippen LogP) is 8.00. The second-order valence-electron chi connectivity index (χ2n) is 11.0. The zero-order valence-corrected chi connectivity index (χ0v) is 22.1. The Hall–Kier alpha value is -2.58. The number of fused-ring (bicyclic) bond motifs is 2. The van der Waals surface area contributed by atoms with E-state index in [1.54, 1.807) is 0 Å². The van der Waals surface area contributed by atoms with E-state index in [1.165, 1.54) is 45.1 Å². The van der Waals surface area contributed by atoms with Crippen molar-refractivity contribution in [3.05, 3.63) is 93.7 Å². The van der Waals surface area contributed by atoms with Crippen molar-refractivity contribution in [1.29, 1.82) is 0 Å². The minimum Gasteiger partial charge on any atom is -0.347 e. The van der Waals surface area contributed by atoms with Gasteiger partial charge >= 0.3 is 0 Å². The molecule has 0 spiro atoms. The molecule has 2 nitrogen and oxygen atoms in total. The topological polar surface area (TPSA) is 6.25 Å². The van der Waals surface area contributed by atoms with E-state index in [0.29, 0.717) is 0 Å². The summed E-state index contributed by atoms with van der Waals surface area (Å²) in [5, 5.41) is 0.990. The fourth-order valence-corrected chi connectivity index (χ4v) is 6.72. The summed E-state index contributed by atoms with van der Waals surface area (Å²) in [6.45, 7) is 9.33. The molecular formula is C31H36ClN2+. The van der Waals surface area contributed by atoms with Crippen LogP contribution in [0.3, 0.4) is 0 Å². The highest BCUT2D eigenvalue weighted by molar-refractivity contribution is 6.32. The normalized spacial score (nSPS) is 22.9. The summed E-state index contributed by atoms with van der Waals surface area (Å²) in [6.07, 6.45) is 8.73. The molecule has 5 rings (SSSR count). The second-order valence-corrected chi connectivity index (χ2v) is 11.4. The Balaban J connectivity index is 1.36. The third-order valence-electron chi connectivity index (χ3n) is 8.40. The molecule has 0 aromatic heterocycles. The lowest BCUT2D eigenvalue weighted by molar-refractivity contribution is -0.404. The first-order valence-electron chi connectivity index (χ1n) is 12.5. The maximum atomic E-state index is 6.95. The van der Waals surface area contributed by atoms with Crippen LogP contribution in [0, 0.1) is 0 Å². The highest BCUT2D eigenvalue weighted by Crippen LogP contribution is 2.47. The predicted molar refractivity (Wildman–Crippen MR) is 146 cm³/mol. The largest absolute Gasteiger partial charge is 0.347 e. The van der Waals surface area contributed by atoms with Crippen LogP contribution < -0.4 is 4.90 Å². The first kappa shape index (κ1) is 23.2. The molecule has 34 heavy (non-hydrogen) atoms. The van der Waals surface area contributed by atoms with E-state index in [-0.39, 0.29) is 10.8 Å². The van der Waals surface area contributed by atoms with Crippen molar-refractivity contribution in [1.82, 2.24) is 0 Å². The molecule has 2 aromatic carbocycles. The van der Waals surface area contributed by atoms with E-state index in [0.717, 1.165) is 30.7 Å². The van der Waals surface area contributed by atoms with Crippen LogP contribution in [-0.4, -0.2) is 24.4 Å². The van der Waals surface area contributed by atoms with Crippen LogP contribution in [0.25, 0.3) is 0 Å². The van der Waals surface area contributed by atoms with E-state index in [4.69, 9.17) is 11.6 Å². The van der Waals surface area contributed by atoms with Gasteiger partial charge in [-0.3, -0.25) is 0 Å². The highest BCUT2D eigenvalue weighted by Gasteiger charge is 2.43. The van der Waals surface area contributed by atoms with Gasteiger partial charge in [0.2, 0.25) is 5.69 Å². The molecule has 0 bridgehead atoms. The van der Waals surface area contributed by atoms with Gasteiger partial charge in [0.05, 0.1) is 5.41 Å². The number of benzene rings is 2. The highest BCUT2D eigenvalue weighted by atomic mass is 35.5. The van der Waals surface area contributed by atoms with Gasteiger partial charge in [-0.15, -0.1) is 0 Å². The molecule has 2 heterocycles. The fraction of sp³-hybridized carbons (Fsp3) is 0.387. The average molecular weight is 472 g/mol. The number of anilines is 1. The van der Waals surface area contributed by atoms with Crippen LogP contribution in [0.15, 0.2) is 82.6 Å². The Morgan fingerprint density at radius 3 is 2.26 bits per heavy atom. The zero-order chi connectivity index (χ0) is 24.3. The number of para-hydroxylation sites is 2. The quantitative estimate of drug-likeness (QED) is 0.409. The Bertz CT molecular complexity index is 1290. The van der Waals surface area contributed by atoms with Crippen molar-refractivity contribution < 1.29 is 4.58 Å². The monoisotopic (exact) mass is 471 g/mol. The molecule has 0 fully saturated rings. The molecule has 0 amide bonds. The fourth-order valence-electron chi connectivity index (χ4n) is 6.37. The van der Waals surface area contributed by atoms with E-state index in [9.17, 15) is 0 Å². The SMILES string of the molecule is CN1/C(=C/C=C2\CCC(CCC3=[N+](C)c4ccccc4C3(C)C)=C2Cl)C(C)(C)c2ccccc21. The number of likely N-dealkylation sites (N-methyl/N-ethyl adjacent to an activating group) is 1. The second kappa shape index (κ2) is 8.27. The van der Waals surface area contributed by atoms with Gasteiger partial charge < -0.3 is 4.90 Å². The molecule has 0 N–H and O–H groups in total. The molecule has 0 atom stereocenters. The molecule has 0 saturated carbocycles. The third kappa shape index (κ3) is 3.50. The van der Waals surface area contributed by atoms with Crippen LogP contribution in [0.1, 0.15) is 64.5 Å². The van der Waals surface area contributed by atoms with Gasteiger partial charge in [0, 0.05) is 46.9 Å². The molecule has 2 aromatic rings. The van der Waals surface area contributed by atoms with E-state index in [2.05, 4.69) is 112 Å². The van der Waals surface area contributed by atoms with Crippen molar-refractivity contribution in [3.63, 3.8) is 0 Å². The van der Waals surface area contributed by atoms with E-state index in [1.807, 2.05) is 0 Å². The average Bonchev–Trinajstić information content (AvgIpc) is 3.33. The Kier molecular flexibility index (Phi) is 5.64. The van der Waals surface area contributed by atoms with E-state index < -0.39 is 0 Å². The van der Waals surface area contributed by atoms with Crippen LogP contribution in [0.5, 0.6) is 0 Å². The molecule has 3 heteroatoms. The molecule has 2 aliphatic heterocycles. The maximum Gasteiger partial charge on any atom is 0.209 e. The lowest BCUT2D eigenvalue weighted by atomic mass is 9.79. The summed E-state index contributed by atoms with van der Waals surface area (Å²) in [5.74, 6) is 0. The van der Waals surface area contributed by atoms with Crippen LogP contribution in [0.4, 0.5) is 11.4 Å². The standard InChI is InChI=1S/C31H36ClN2/c1-30(2)23-11-7-9-13-25(23)33(5)27(30)19-17-21-15-16-22(29(21)32)18-20-28-31(3,4)24-12-8-10-14-26(24)34(28)6/h7-14,17,19H,15-16,18,20H2,1-6H3/q+1/b21-17+,27-19+. The summed E-state index contributed by atoms with van der Waals surface area (Å²) < 4.78 is 2.40. The molecule has 176 valence electrons. The van der Waals surface area contributed by atoms with Crippen molar-refractivity contribution in [2.45, 2.75) is 64.2 Å². The minimum absolute atomic E-state index is 0.00961. The van der Waals surface area contributed by atoms with Crippen molar-refractivity contribution in [2.75, 3.05) is 19.0 Å². The summed E-state index contributed by atoms with van der Waals surface area (Å²) in [7, 11) is 4.38. The molecule has 0 saturated heterocycles. The Morgan fingerprint density at radius 1 is 0.882 bits per heavy atom. The number of hydrogen-bond donors (Lipinski definition) is 0. The third-order valence-corrected chi connectivity index (χ3v) is 8.91. The molecule has 1 aliphatic carbocycles. The van der Waals surface area contributed by atoms with Gasteiger partial charge in [0.15, 0.2) is 5.71 Å². The summed E-state index contributed by atoms with van der Waals surface area (Å²) in [6, 6.07) is 17.5. The van der Waals surface area contributed by atoms with Crippen molar-refractivity contribution in [3.8, 4) is 0 Å². The van der Waals surface area contributed by atoms with Crippen LogP contribution in [-0.2, 0) is 10.8 Å². The van der Waals surface area contributed by atoms with Gasteiger partial charge in [0.1, 0.15) is 7.05 Å². The van der Waals surface area contributed by atoms with Gasteiger partial charge in [0.25, 0.3) is 0 Å². The van der Waals surface area contributed by atoms with Crippen molar-refractivity contribution in [2.24, 2.45) is 0 Å². The number of nitrogens with zero attached hydrogens (tertiary/aromatic N) is 2. The zero-order valence-electron chi connectivity index (χ0n) is 21.4. The minimum atomic E-state index is -0.00961. The van der Waals surface area contributed by atoms with Gasteiger partial charge in [-0.25, -0.2) is 4.58 Å². The molecular weight excluding hydrogens is 436 g/mol. The lowest BCUT2D eigenvalue weighted by Gasteiger charge is -2.23. The molecule has 0 radical (unpaired) electrons. The van der Waals surface area contributed by atoms with Crippen LogP contribution in [0.2, 0.25) is 0 Å². The molecule has 3 aliphatic rings.